The van der Waals surface area contributed by atoms with Crippen LogP contribution in [-0.2, 0) is 51.4 Å². The molecule has 2 heteroatoms. The van der Waals surface area contributed by atoms with Crippen LogP contribution in [0.1, 0.15) is 57.0 Å². The van der Waals surface area contributed by atoms with Crippen molar-refractivity contribution >= 4 is 65.2 Å². The second-order valence-electron chi connectivity index (χ2n) is 19.9. The normalized spacial score (nSPS) is 16.6. The topological polar surface area (TPSA) is 9.86 Å². The fourth-order valence-electron chi connectivity index (χ4n) is 14.0. The van der Waals surface area contributed by atoms with Crippen molar-refractivity contribution in [3.8, 4) is 39.1 Å². The van der Waals surface area contributed by atoms with Gasteiger partial charge in [0, 0.05) is 32.7 Å². The van der Waals surface area contributed by atoms with Crippen LogP contribution in [0.2, 0.25) is 0 Å². The Morgan fingerprint density at radius 1 is 0.394 bits per heavy atom. The molecule has 0 amide bonds. The highest BCUT2D eigenvalue weighted by Crippen LogP contribution is 2.52. The third-order valence-electron chi connectivity index (χ3n) is 16.7. The van der Waals surface area contributed by atoms with Gasteiger partial charge in [-0.3, -0.25) is 0 Å². The molecule has 0 saturated heterocycles. The number of allylic oxidation sites excluding steroid dienone is 4. The van der Waals surface area contributed by atoms with E-state index in [1.54, 1.807) is 5.56 Å². The second-order valence-corrected chi connectivity index (χ2v) is 19.9. The molecule has 5 aliphatic carbocycles. The van der Waals surface area contributed by atoms with Crippen LogP contribution >= 0.6 is 0 Å². The average Bonchev–Trinajstić information content (AvgIpc) is 4.16. The first-order valence-corrected chi connectivity index (χ1v) is 24.5. The van der Waals surface area contributed by atoms with Crippen molar-refractivity contribution in [1.82, 2.24) is 9.13 Å². The summed E-state index contributed by atoms with van der Waals surface area (Å²) in [6.07, 6.45) is 19.0. The summed E-state index contributed by atoms with van der Waals surface area (Å²) in [4.78, 5) is 0. The molecule has 2 nitrogen and oxygen atoms in total. The van der Waals surface area contributed by atoms with E-state index in [4.69, 9.17) is 0 Å². The van der Waals surface area contributed by atoms with Gasteiger partial charge in [-0.05, 0) is 206 Å². The van der Waals surface area contributed by atoms with Gasteiger partial charge in [0.1, 0.15) is 0 Å². The maximum Gasteiger partial charge on any atom is 0.0579 e. The van der Waals surface area contributed by atoms with Crippen molar-refractivity contribution in [2.45, 2.75) is 63.8 Å². The Morgan fingerprint density at radius 2 is 0.955 bits per heavy atom. The van der Waals surface area contributed by atoms with Crippen molar-refractivity contribution in [3.05, 3.63) is 208 Å². The molecule has 11 aromatic rings. The number of nitrogens with zero attached hydrogens (tertiary/aromatic N) is 2. The zero-order valence-corrected chi connectivity index (χ0v) is 36.9. The Labute approximate surface area is 383 Å². The maximum atomic E-state index is 2.73. The molecule has 66 heavy (non-hydrogen) atoms. The summed E-state index contributed by atoms with van der Waals surface area (Å²) < 4.78 is 5.34. The predicted molar refractivity (Wildman–Crippen MR) is 277 cm³/mol. The van der Waals surface area contributed by atoms with Crippen LogP contribution in [0.15, 0.2) is 164 Å². The van der Waals surface area contributed by atoms with Gasteiger partial charge in [-0.2, -0.15) is 0 Å². The van der Waals surface area contributed by atoms with E-state index in [0.717, 1.165) is 57.8 Å². The Hall–Kier alpha value is -7.42. The Bertz CT molecular complexity index is 4050. The third-order valence-corrected chi connectivity index (χ3v) is 16.7. The number of rotatable bonds is 4. The molecule has 2 aromatic heterocycles. The standard InChI is InChI=1S/C64H46N2/c1-3-11-45(12-4-1)65-57-31-25-41(47-27-21-39-19-17-37-9-7-15-49(47)59(37)39)33-53(57)55-35-43-24-30-52-62-44(23-29-51(61(43)62)63(55)65)36-56-54-34-42(26-32-58(54)66(64(52)56)46-13-5-2-6-14-46)48-28-22-40-20-18-38-10-8-16-50(48)60(38)40/h1-13,15-16,21-22,25-28,31-36,46H,14,17-20,23-24,29-30H2. The summed E-state index contributed by atoms with van der Waals surface area (Å²) in [6.45, 7) is 0. The van der Waals surface area contributed by atoms with Crippen molar-refractivity contribution in [1.29, 1.82) is 0 Å². The molecule has 0 N–H and O–H groups in total. The van der Waals surface area contributed by atoms with Gasteiger partial charge in [0.2, 0.25) is 0 Å². The lowest BCUT2D eigenvalue weighted by Crippen LogP contribution is -2.17. The monoisotopic (exact) mass is 842 g/mol. The molecule has 2 heterocycles. The summed E-state index contributed by atoms with van der Waals surface area (Å²) in [5, 5.41) is 11.3. The molecule has 0 spiro atoms. The molecule has 0 fully saturated rings. The number of aromatic nitrogens is 2. The van der Waals surface area contributed by atoms with Crippen LogP contribution in [0.3, 0.4) is 0 Å². The first kappa shape index (κ1) is 35.9. The molecular weight excluding hydrogens is 797 g/mol. The SMILES string of the molecule is C1=CCC(n2c3ccc(-c4ccc5c6c(cccc46)CC5)cc3c3cc4c5c(c32)CCc2cc3c6cc(-c7ccc8c9c(cccc79)CC8)ccc6n(-c6ccccc6)c3c(c2-5)CC4)C=C1. The molecule has 1 atom stereocenters. The molecule has 0 bridgehead atoms. The summed E-state index contributed by atoms with van der Waals surface area (Å²) in [6, 6.07) is 54.9. The number of fused-ring (bicyclic) bond motifs is 8. The van der Waals surface area contributed by atoms with Gasteiger partial charge in [0.25, 0.3) is 0 Å². The van der Waals surface area contributed by atoms with Gasteiger partial charge < -0.3 is 9.13 Å². The largest absolute Gasteiger partial charge is 0.333 e. The Kier molecular flexibility index (Phi) is 7.13. The maximum absolute atomic E-state index is 2.73. The first-order valence-electron chi connectivity index (χ1n) is 24.5. The van der Waals surface area contributed by atoms with E-state index in [-0.39, 0.29) is 6.04 Å². The van der Waals surface area contributed by atoms with Crippen molar-refractivity contribution in [2.75, 3.05) is 0 Å². The van der Waals surface area contributed by atoms with Crippen molar-refractivity contribution in [2.24, 2.45) is 0 Å². The summed E-state index contributed by atoms with van der Waals surface area (Å²) >= 11 is 0. The first-order chi connectivity index (χ1) is 32.7. The molecule has 9 aromatic carbocycles. The number of aryl methyl sites for hydroxylation is 8. The van der Waals surface area contributed by atoms with Gasteiger partial charge in [-0.15, -0.1) is 0 Å². The summed E-state index contributed by atoms with van der Waals surface area (Å²) in [7, 11) is 0. The van der Waals surface area contributed by atoms with Gasteiger partial charge >= 0.3 is 0 Å². The number of hydrogen-bond donors (Lipinski definition) is 0. The highest BCUT2D eigenvalue weighted by Gasteiger charge is 2.34. The van der Waals surface area contributed by atoms with E-state index in [1.807, 2.05) is 0 Å². The van der Waals surface area contributed by atoms with E-state index in [2.05, 4.69) is 173 Å². The molecule has 5 aliphatic rings. The van der Waals surface area contributed by atoms with E-state index in [9.17, 15) is 0 Å². The van der Waals surface area contributed by atoms with E-state index in [0.29, 0.717) is 0 Å². The molecule has 0 radical (unpaired) electrons. The lowest BCUT2D eigenvalue weighted by molar-refractivity contribution is 0.645. The minimum atomic E-state index is 0.270. The minimum Gasteiger partial charge on any atom is -0.333 e. The third kappa shape index (κ3) is 4.71. The van der Waals surface area contributed by atoms with E-state index in [1.165, 1.54) is 143 Å². The van der Waals surface area contributed by atoms with Gasteiger partial charge in [0.05, 0.1) is 22.6 Å². The molecule has 0 aliphatic heterocycles. The van der Waals surface area contributed by atoms with Gasteiger partial charge in [0.15, 0.2) is 0 Å². The summed E-state index contributed by atoms with van der Waals surface area (Å²) in [5.74, 6) is 0. The quantitative estimate of drug-likeness (QED) is 0.167. The molecular formula is C64H46N2. The second kappa shape index (κ2) is 13.1. The molecule has 16 rings (SSSR count). The predicted octanol–water partition coefficient (Wildman–Crippen LogP) is 15.7. The highest BCUT2D eigenvalue weighted by molar-refractivity contribution is 6.17. The smallest absolute Gasteiger partial charge is 0.0579 e. The lowest BCUT2D eigenvalue weighted by Gasteiger charge is -2.32. The molecule has 1 unspecified atom stereocenters. The average molecular weight is 843 g/mol. The summed E-state index contributed by atoms with van der Waals surface area (Å²) in [5.41, 5.74) is 27.2. The van der Waals surface area contributed by atoms with Crippen LogP contribution < -0.4 is 0 Å². The number of benzene rings is 9. The molecule has 0 saturated carbocycles. The highest BCUT2D eigenvalue weighted by atomic mass is 15.0. The van der Waals surface area contributed by atoms with Crippen LogP contribution in [0, 0.1) is 0 Å². The van der Waals surface area contributed by atoms with E-state index < -0.39 is 0 Å². The van der Waals surface area contributed by atoms with Crippen LogP contribution in [0.5, 0.6) is 0 Å². The van der Waals surface area contributed by atoms with Crippen molar-refractivity contribution < 1.29 is 0 Å². The fraction of sp³-hybridized carbons (Fsp3) is 0.156. The zero-order valence-electron chi connectivity index (χ0n) is 36.9. The molecule has 312 valence electrons. The number of hydrogen-bond acceptors (Lipinski definition) is 0. The van der Waals surface area contributed by atoms with E-state index >= 15 is 0 Å². The van der Waals surface area contributed by atoms with Crippen molar-refractivity contribution in [3.63, 3.8) is 0 Å². The van der Waals surface area contributed by atoms with Crippen LogP contribution in [-0.4, -0.2) is 9.13 Å². The van der Waals surface area contributed by atoms with Crippen LogP contribution in [0.4, 0.5) is 0 Å². The zero-order chi connectivity index (χ0) is 42.8. The Morgan fingerprint density at radius 3 is 1.58 bits per heavy atom. The van der Waals surface area contributed by atoms with Gasteiger partial charge in [-0.25, -0.2) is 0 Å². The Balaban J connectivity index is 0.949. The number of para-hydroxylation sites is 1. The van der Waals surface area contributed by atoms with Gasteiger partial charge in [-0.1, -0.05) is 115 Å². The van der Waals surface area contributed by atoms with Crippen LogP contribution in [0.25, 0.3) is 104 Å². The minimum absolute atomic E-state index is 0.270. The lowest BCUT2D eigenvalue weighted by atomic mass is 9.74. The fourth-order valence-corrected chi connectivity index (χ4v) is 14.0.